The number of thioether (sulfide) groups is 1. The summed E-state index contributed by atoms with van der Waals surface area (Å²) >= 11 is 1.68. The first kappa shape index (κ1) is 16.9. The Hall–Kier alpha value is -1.20. The summed E-state index contributed by atoms with van der Waals surface area (Å²) in [6, 6.07) is 8.12. The average molecular weight is 296 g/mol. The number of carbonyl (C=O) groups is 1. The van der Waals surface area contributed by atoms with E-state index >= 15 is 0 Å². The molecule has 112 valence electrons. The van der Waals surface area contributed by atoms with E-state index in [0.717, 1.165) is 0 Å². The van der Waals surface area contributed by atoms with Gasteiger partial charge in [0.15, 0.2) is 0 Å². The van der Waals surface area contributed by atoms with Crippen LogP contribution in [0.5, 0.6) is 0 Å². The summed E-state index contributed by atoms with van der Waals surface area (Å²) in [5.41, 5.74) is 6.52. The molecule has 1 unspecified atom stereocenters. The van der Waals surface area contributed by atoms with E-state index < -0.39 is 11.7 Å². The molecule has 1 aromatic carbocycles. The molecule has 4 nitrogen and oxygen atoms in total. The molecule has 1 atom stereocenters. The number of benzene rings is 1. The molecule has 0 aliphatic carbocycles. The summed E-state index contributed by atoms with van der Waals surface area (Å²) in [5, 5.41) is 2.79. The minimum atomic E-state index is -0.487. The minimum Gasteiger partial charge on any atom is -0.444 e. The van der Waals surface area contributed by atoms with Crippen LogP contribution >= 0.6 is 11.8 Å². The number of carbonyl (C=O) groups excluding carboxylic acids is 1. The second-order valence-electron chi connectivity index (χ2n) is 5.56. The molecule has 1 rings (SSSR count). The minimum absolute atomic E-state index is 0.0890. The third kappa shape index (κ3) is 5.43. The van der Waals surface area contributed by atoms with E-state index in [1.165, 1.54) is 10.5 Å². The summed E-state index contributed by atoms with van der Waals surface area (Å²) in [6.45, 7) is 6.48. The molecule has 3 N–H and O–H groups in total. The summed E-state index contributed by atoms with van der Waals surface area (Å²) in [7, 11) is 0. The SMILES string of the molecule is CSc1ccccc1C(CN)CNC(=O)OC(C)(C)C. The van der Waals surface area contributed by atoms with Crippen molar-refractivity contribution in [1.82, 2.24) is 5.32 Å². The second kappa shape index (κ2) is 7.55. The number of hydrogen-bond donors (Lipinski definition) is 2. The molecule has 0 spiro atoms. The van der Waals surface area contributed by atoms with Gasteiger partial charge in [-0.05, 0) is 38.7 Å². The lowest BCUT2D eigenvalue weighted by Crippen LogP contribution is -2.36. The Kier molecular flexibility index (Phi) is 6.36. The van der Waals surface area contributed by atoms with Gasteiger partial charge in [0.1, 0.15) is 5.60 Å². The van der Waals surface area contributed by atoms with E-state index in [1.807, 2.05) is 39.2 Å². The van der Waals surface area contributed by atoms with Crippen LogP contribution in [0.3, 0.4) is 0 Å². The molecule has 0 heterocycles. The molecule has 0 fully saturated rings. The maximum atomic E-state index is 11.7. The van der Waals surface area contributed by atoms with Crippen LogP contribution in [0.25, 0.3) is 0 Å². The highest BCUT2D eigenvalue weighted by Gasteiger charge is 2.18. The number of amides is 1. The van der Waals surface area contributed by atoms with Crippen LogP contribution in [0.15, 0.2) is 29.2 Å². The lowest BCUT2D eigenvalue weighted by atomic mass is 9.99. The van der Waals surface area contributed by atoms with Gasteiger partial charge in [0, 0.05) is 23.9 Å². The van der Waals surface area contributed by atoms with E-state index in [0.29, 0.717) is 13.1 Å². The average Bonchev–Trinajstić information content (AvgIpc) is 2.38. The van der Waals surface area contributed by atoms with Crippen molar-refractivity contribution in [3.05, 3.63) is 29.8 Å². The van der Waals surface area contributed by atoms with E-state index in [9.17, 15) is 4.79 Å². The van der Waals surface area contributed by atoms with Crippen LogP contribution < -0.4 is 11.1 Å². The van der Waals surface area contributed by atoms with Crippen LogP contribution in [-0.4, -0.2) is 31.0 Å². The molecular formula is C15H24N2O2S. The number of nitrogens with one attached hydrogen (secondary N) is 1. The Balaban J connectivity index is 2.66. The smallest absolute Gasteiger partial charge is 0.407 e. The zero-order chi connectivity index (χ0) is 15.2. The Bertz CT molecular complexity index is 444. The molecule has 0 saturated heterocycles. The van der Waals surface area contributed by atoms with Gasteiger partial charge in [0.05, 0.1) is 0 Å². The van der Waals surface area contributed by atoms with Crippen molar-refractivity contribution in [1.29, 1.82) is 0 Å². The second-order valence-corrected chi connectivity index (χ2v) is 6.41. The molecule has 0 aliphatic rings. The first-order valence-corrected chi connectivity index (χ1v) is 7.89. The Morgan fingerprint density at radius 1 is 1.40 bits per heavy atom. The van der Waals surface area contributed by atoms with Gasteiger partial charge in [-0.2, -0.15) is 0 Å². The van der Waals surface area contributed by atoms with Crippen molar-refractivity contribution in [2.24, 2.45) is 5.73 Å². The molecule has 1 aromatic rings. The zero-order valence-corrected chi connectivity index (χ0v) is 13.4. The summed E-state index contributed by atoms with van der Waals surface area (Å²) in [5.74, 6) is 0.0890. The normalized spacial score (nSPS) is 12.8. The molecule has 5 heteroatoms. The number of rotatable bonds is 5. The van der Waals surface area contributed by atoms with Crippen LogP contribution in [0.4, 0.5) is 4.79 Å². The topological polar surface area (TPSA) is 64.3 Å². The van der Waals surface area contributed by atoms with Crippen molar-refractivity contribution in [2.75, 3.05) is 19.3 Å². The predicted octanol–water partition coefficient (Wildman–Crippen LogP) is 2.98. The highest BCUT2D eigenvalue weighted by Crippen LogP contribution is 2.26. The monoisotopic (exact) mass is 296 g/mol. The highest BCUT2D eigenvalue weighted by molar-refractivity contribution is 7.98. The fraction of sp³-hybridized carbons (Fsp3) is 0.533. The number of alkyl carbamates (subject to hydrolysis) is 1. The molecule has 0 radical (unpaired) electrons. The van der Waals surface area contributed by atoms with Gasteiger partial charge in [0.25, 0.3) is 0 Å². The molecule has 1 amide bonds. The maximum absolute atomic E-state index is 11.7. The van der Waals surface area contributed by atoms with Crippen LogP contribution in [0.1, 0.15) is 32.3 Å². The first-order valence-electron chi connectivity index (χ1n) is 6.67. The fourth-order valence-electron chi connectivity index (χ4n) is 1.84. The highest BCUT2D eigenvalue weighted by atomic mass is 32.2. The maximum Gasteiger partial charge on any atom is 0.407 e. The number of nitrogens with two attached hydrogens (primary N) is 1. The van der Waals surface area contributed by atoms with E-state index in [2.05, 4.69) is 17.4 Å². The van der Waals surface area contributed by atoms with E-state index in [-0.39, 0.29) is 5.92 Å². The lowest BCUT2D eigenvalue weighted by molar-refractivity contribution is 0.0524. The molecule has 0 bridgehead atoms. The van der Waals surface area contributed by atoms with Gasteiger partial charge in [0.2, 0.25) is 0 Å². The van der Waals surface area contributed by atoms with Crippen molar-refractivity contribution >= 4 is 17.9 Å². The number of hydrogen-bond acceptors (Lipinski definition) is 4. The van der Waals surface area contributed by atoms with Gasteiger partial charge in [-0.1, -0.05) is 18.2 Å². The zero-order valence-electron chi connectivity index (χ0n) is 12.6. The number of ether oxygens (including phenoxy) is 1. The van der Waals surface area contributed by atoms with Crippen molar-refractivity contribution < 1.29 is 9.53 Å². The Labute approximate surface area is 125 Å². The van der Waals surface area contributed by atoms with Crippen LogP contribution in [-0.2, 0) is 4.74 Å². The van der Waals surface area contributed by atoms with Gasteiger partial charge >= 0.3 is 6.09 Å². The van der Waals surface area contributed by atoms with Crippen molar-refractivity contribution in [3.8, 4) is 0 Å². The van der Waals surface area contributed by atoms with Gasteiger partial charge < -0.3 is 15.8 Å². The fourth-order valence-corrected chi connectivity index (χ4v) is 2.53. The third-order valence-electron chi connectivity index (χ3n) is 2.75. The van der Waals surface area contributed by atoms with Crippen molar-refractivity contribution in [2.45, 2.75) is 37.2 Å². The Morgan fingerprint density at radius 2 is 2.05 bits per heavy atom. The van der Waals surface area contributed by atoms with Gasteiger partial charge in [-0.15, -0.1) is 11.8 Å². The van der Waals surface area contributed by atoms with E-state index in [4.69, 9.17) is 10.5 Å². The van der Waals surface area contributed by atoms with Gasteiger partial charge in [-0.25, -0.2) is 4.79 Å². The molecular weight excluding hydrogens is 272 g/mol. The van der Waals surface area contributed by atoms with Crippen molar-refractivity contribution in [3.63, 3.8) is 0 Å². The quantitative estimate of drug-likeness (QED) is 0.820. The molecule has 0 aromatic heterocycles. The standard InChI is InChI=1S/C15H24N2O2S/c1-15(2,3)19-14(18)17-10-11(9-16)12-7-5-6-8-13(12)20-4/h5-8,11H,9-10,16H2,1-4H3,(H,17,18). The summed E-state index contributed by atoms with van der Waals surface area (Å²) in [6.07, 6.45) is 1.63. The van der Waals surface area contributed by atoms with Gasteiger partial charge in [-0.3, -0.25) is 0 Å². The van der Waals surface area contributed by atoms with E-state index in [1.54, 1.807) is 11.8 Å². The Morgan fingerprint density at radius 3 is 2.60 bits per heavy atom. The lowest BCUT2D eigenvalue weighted by Gasteiger charge is -2.22. The van der Waals surface area contributed by atoms with Crippen LogP contribution in [0, 0.1) is 0 Å². The molecule has 20 heavy (non-hydrogen) atoms. The molecule has 0 aliphatic heterocycles. The predicted molar refractivity (Wildman–Crippen MR) is 84.3 cm³/mol. The summed E-state index contributed by atoms with van der Waals surface area (Å²) in [4.78, 5) is 12.9. The third-order valence-corrected chi connectivity index (χ3v) is 3.57. The molecule has 0 saturated carbocycles. The van der Waals surface area contributed by atoms with Crippen LogP contribution in [0.2, 0.25) is 0 Å². The largest absolute Gasteiger partial charge is 0.444 e. The summed E-state index contributed by atoms with van der Waals surface area (Å²) < 4.78 is 5.23. The first-order chi connectivity index (χ1) is 9.37.